The first-order chi connectivity index (χ1) is 24.6. The summed E-state index contributed by atoms with van der Waals surface area (Å²) in [6, 6.07) is 17.1. The first-order valence-electron chi connectivity index (χ1n) is 18.3. The maximum absolute atomic E-state index is 12.3. The number of para-hydroxylation sites is 2. The molecule has 2 aromatic carbocycles. The summed E-state index contributed by atoms with van der Waals surface area (Å²) in [4.78, 5) is 37.9. The van der Waals surface area contributed by atoms with Crippen molar-refractivity contribution >= 4 is 24.0 Å². The molecule has 0 aliphatic rings. The summed E-state index contributed by atoms with van der Waals surface area (Å²) >= 11 is 0. The van der Waals surface area contributed by atoms with Crippen molar-refractivity contribution in [1.82, 2.24) is 21.3 Å². The molecule has 0 aliphatic carbocycles. The minimum Gasteiger partial charge on any atom is -0.491 e. The van der Waals surface area contributed by atoms with Gasteiger partial charge in [-0.15, -0.1) is 6.58 Å². The van der Waals surface area contributed by atoms with Crippen molar-refractivity contribution in [2.45, 2.75) is 118 Å². The molecule has 0 spiro atoms. The molecule has 12 heteroatoms. The van der Waals surface area contributed by atoms with E-state index >= 15 is 0 Å². The molecule has 2 aromatic rings. The predicted molar refractivity (Wildman–Crippen MR) is 209 cm³/mol. The van der Waals surface area contributed by atoms with Crippen LogP contribution in [0.2, 0.25) is 0 Å². The predicted octanol–water partition coefficient (Wildman–Crippen LogP) is 8.27. The zero-order valence-corrected chi connectivity index (χ0v) is 32.8. The van der Waals surface area contributed by atoms with Crippen LogP contribution in [0.25, 0.3) is 0 Å². The van der Waals surface area contributed by atoms with E-state index in [2.05, 4.69) is 27.8 Å². The molecule has 292 valence electrons. The Labute approximate surface area is 312 Å². The van der Waals surface area contributed by atoms with E-state index in [-0.39, 0.29) is 6.09 Å². The molecule has 0 heterocycles. The smallest absolute Gasteiger partial charge is 0.410 e. The Hall–Kier alpha value is -4.45. The van der Waals surface area contributed by atoms with Crippen LogP contribution >= 0.6 is 0 Å². The third-order valence-corrected chi connectivity index (χ3v) is 6.95. The van der Waals surface area contributed by atoms with Crippen molar-refractivity contribution in [3.8, 4) is 5.75 Å². The Morgan fingerprint density at radius 2 is 1.31 bits per heavy atom. The minimum absolute atomic E-state index is 0.326. The standard InChI is InChI=1S/C21H35N3O5.C19H30N2O2/c1-9-14-27-16-13-11-10-12-15(16)24(8)17(22-18(25)28-20(2,3)4)23-19(26)29-21(5,6)7;1-2-14-20-15-10-5-3-4-6-11-16-21-19(22)23-17-18-12-8-7-9-13-18/h10-13,17H,9,14H2,1-8H3,(H,22,25)(H,23,26);2,7-9,12-13,20H,1,3-6,10-11,14-17H2,(H,21,22). The molecule has 3 amide bonds. The number of nitrogens with zero attached hydrogens (tertiary/aromatic N) is 1. The quantitative estimate of drug-likeness (QED) is 0.0459. The molecular formula is C40H65N5O7. The van der Waals surface area contributed by atoms with Crippen molar-refractivity contribution in [3.63, 3.8) is 0 Å². The van der Waals surface area contributed by atoms with Gasteiger partial charge in [0.1, 0.15) is 23.6 Å². The van der Waals surface area contributed by atoms with Crippen LogP contribution < -0.4 is 30.9 Å². The summed E-state index contributed by atoms with van der Waals surface area (Å²) in [5, 5.41) is 11.4. The van der Waals surface area contributed by atoms with Gasteiger partial charge in [0.2, 0.25) is 0 Å². The topological polar surface area (TPSA) is 139 Å². The maximum atomic E-state index is 12.3. The second-order valence-corrected chi connectivity index (χ2v) is 14.2. The Morgan fingerprint density at radius 3 is 1.87 bits per heavy atom. The lowest BCUT2D eigenvalue weighted by molar-refractivity contribution is 0.0425. The summed E-state index contributed by atoms with van der Waals surface area (Å²) in [5.74, 6) is 0.638. The normalized spacial score (nSPS) is 11.0. The largest absolute Gasteiger partial charge is 0.491 e. The van der Waals surface area contributed by atoms with Crippen LogP contribution in [0.3, 0.4) is 0 Å². The molecule has 0 aliphatic heterocycles. The number of alkyl carbamates (subject to hydrolysis) is 3. The van der Waals surface area contributed by atoms with Gasteiger partial charge in [-0.25, -0.2) is 14.4 Å². The maximum Gasteiger partial charge on any atom is 0.410 e. The SMILES string of the molecule is C=CCNCCCCCCCCNC(=O)OCc1ccccc1.CCCOc1ccccc1N(C)C(NC(=O)OC(C)(C)C)NC(=O)OC(C)(C)C. The number of rotatable bonds is 20. The average Bonchev–Trinajstić information content (AvgIpc) is 3.07. The molecule has 0 fully saturated rings. The van der Waals surface area contributed by atoms with Crippen molar-refractivity contribution in [3.05, 3.63) is 72.8 Å². The highest BCUT2D eigenvalue weighted by atomic mass is 16.6. The average molecular weight is 728 g/mol. The number of amides is 3. The first-order valence-corrected chi connectivity index (χ1v) is 18.3. The fraction of sp³-hybridized carbons (Fsp3) is 0.575. The van der Waals surface area contributed by atoms with Crippen molar-refractivity contribution in [2.75, 3.05) is 38.2 Å². The van der Waals surface area contributed by atoms with E-state index in [0.29, 0.717) is 31.2 Å². The summed E-state index contributed by atoms with van der Waals surface area (Å²) in [5.41, 5.74) is 0.339. The molecule has 2 rings (SSSR count). The lowest BCUT2D eigenvalue weighted by atomic mass is 10.1. The third kappa shape index (κ3) is 23.1. The number of benzene rings is 2. The van der Waals surface area contributed by atoms with E-state index < -0.39 is 29.7 Å². The van der Waals surface area contributed by atoms with Crippen LogP contribution in [-0.4, -0.2) is 69.1 Å². The van der Waals surface area contributed by atoms with Gasteiger partial charge in [-0.1, -0.05) is 81.1 Å². The van der Waals surface area contributed by atoms with Crippen LogP contribution in [0.1, 0.15) is 99.0 Å². The Balaban J connectivity index is 0.000000534. The number of hydrogen-bond donors (Lipinski definition) is 4. The minimum atomic E-state index is -0.925. The van der Waals surface area contributed by atoms with Crippen LogP contribution in [0.4, 0.5) is 20.1 Å². The molecule has 0 unspecified atom stereocenters. The summed E-state index contributed by atoms with van der Waals surface area (Å²) in [6.07, 6.45) is 7.27. The molecule has 0 saturated carbocycles. The highest BCUT2D eigenvalue weighted by Crippen LogP contribution is 2.28. The van der Waals surface area contributed by atoms with Gasteiger partial charge in [0, 0.05) is 20.1 Å². The van der Waals surface area contributed by atoms with Crippen LogP contribution in [0, 0.1) is 0 Å². The number of hydrogen-bond acceptors (Lipinski definition) is 9. The zero-order chi connectivity index (χ0) is 38.8. The van der Waals surface area contributed by atoms with Crippen molar-refractivity contribution in [2.24, 2.45) is 0 Å². The van der Waals surface area contributed by atoms with E-state index in [1.165, 1.54) is 25.7 Å². The fourth-order valence-electron chi connectivity index (χ4n) is 4.54. The van der Waals surface area contributed by atoms with Crippen LogP contribution in [0.15, 0.2) is 67.3 Å². The molecular weight excluding hydrogens is 662 g/mol. The van der Waals surface area contributed by atoms with Gasteiger partial charge in [0.05, 0.1) is 12.3 Å². The summed E-state index contributed by atoms with van der Waals surface area (Å²) in [7, 11) is 1.73. The zero-order valence-electron chi connectivity index (χ0n) is 32.8. The van der Waals surface area contributed by atoms with Gasteiger partial charge >= 0.3 is 18.3 Å². The fourth-order valence-corrected chi connectivity index (χ4v) is 4.54. The number of anilines is 1. The summed E-state index contributed by atoms with van der Waals surface area (Å²) < 4.78 is 21.6. The molecule has 0 saturated heterocycles. The molecule has 4 N–H and O–H groups in total. The van der Waals surface area contributed by atoms with Crippen LogP contribution in [0.5, 0.6) is 5.75 Å². The second-order valence-electron chi connectivity index (χ2n) is 14.2. The van der Waals surface area contributed by atoms with Crippen molar-refractivity contribution < 1.29 is 33.3 Å². The molecule has 12 nitrogen and oxygen atoms in total. The monoisotopic (exact) mass is 727 g/mol. The molecule has 0 atom stereocenters. The van der Waals surface area contributed by atoms with Gasteiger partial charge < -0.3 is 34.5 Å². The number of nitrogens with one attached hydrogen (secondary N) is 4. The van der Waals surface area contributed by atoms with Gasteiger partial charge in [-0.3, -0.25) is 10.6 Å². The highest BCUT2D eigenvalue weighted by molar-refractivity contribution is 5.73. The summed E-state index contributed by atoms with van der Waals surface area (Å²) in [6.45, 7) is 19.8. The van der Waals surface area contributed by atoms with E-state index in [1.54, 1.807) is 53.5 Å². The number of ether oxygens (including phenoxy) is 4. The first kappa shape index (κ1) is 45.6. The molecule has 52 heavy (non-hydrogen) atoms. The lowest BCUT2D eigenvalue weighted by Gasteiger charge is -2.33. The van der Waals surface area contributed by atoms with Gasteiger partial charge in [0.15, 0.2) is 6.29 Å². The molecule has 0 aromatic heterocycles. The van der Waals surface area contributed by atoms with E-state index in [0.717, 1.165) is 37.9 Å². The van der Waals surface area contributed by atoms with Gasteiger partial charge in [-0.05, 0) is 85.0 Å². The molecule has 0 radical (unpaired) electrons. The number of carbonyl (C=O) groups is 3. The highest BCUT2D eigenvalue weighted by Gasteiger charge is 2.27. The van der Waals surface area contributed by atoms with Gasteiger partial charge in [0.25, 0.3) is 0 Å². The van der Waals surface area contributed by atoms with E-state index in [4.69, 9.17) is 18.9 Å². The molecule has 0 bridgehead atoms. The Bertz CT molecular complexity index is 1270. The van der Waals surface area contributed by atoms with Gasteiger partial charge in [-0.2, -0.15) is 0 Å². The van der Waals surface area contributed by atoms with Crippen LogP contribution in [-0.2, 0) is 20.8 Å². The van der Waals surface area contributed by atoms with E-state index in [9.17, 15) is 14.4 Å². The number of carbonyl (C=O) groups excluding carboxylic acids is 3. The second kappa shape index (κ2) is 25.5. The Kier molecular flexibility index (Phi) is 22.3. The van der Waals surface area contributed by atoms with E-state index in [1.807, 2.05) is 67.6 Å². The van der Waals surface area contributed by atoms with Crippen molar-refractivity contribution in [1.29, 1.82) is 0 Å². The third-order valence-electron chi connectivity index (χ3n) is 6.95. The Morgan fingerprint density at radius 1 is 0.769 bits per heavy atom. The number of unbranched alkanes of at least 4 members (excludes halogenated alkanes) is 5. The lowest BCUT2D eigenvalue weighted by Crippen LogP contribution is -2.58.